The number of nitrogens with one attached hydrogen (secondary N) is 2. The lowest BCUT2D eigenvalue weighted by atomic mass is 10.3. The molecule has 0 spiro atoms. The minimum Gasteiger partial charge on any atom is -0.319 e. The Kier molecular flexibility index (Phi) is 4.72. The van der Waals surface area contributed by atoms with Crippen molar-refractivity contribution < 1.29 is 8.42 Å². The highest BCUT2D eigenvalue weighted by atomic mass is 32.2. The topological polar surface area (TPSA) is 58.2 Å². The van der Waals surface area contributed by atoms with Gasteiger partial charge in [0.1, 0.15) is 0 Å². The van der Waals surface area contributed by atoms with Gasteiger partial charge >= 0.3 is 0 Å². The molecule has 1 heterocycles. The number of hydrogen-bond acceptors (Lipinski definition) is 4. The highest BCUT2D eigenvalue weighted by molar-refractivity contribution is 7.89. The van der Waals surface area contributed by atoms with E-state index >= 15 is 0 Å². The van der Waals surface area contributed by atoms with E-state index in [1.165, 1.54) is 0 Å². The van der Waals surface area contributed by atoms with Crippen LogP contribution in [-0.2, 0) is 16.6 Å². The lowest BCUT2D eigenvalue weighted by Gasteiger charge is -2.05. The van der Waals surface area contributed by atoms with Crippen molar-refractivity contribution in [3.8, 4) is 0 Å². The number of hydrogen-bond donors (Lipinski definition) is 2. The first-order valence-corrected chi connectivity index (χ1v) is 7.23. The molecule has 86 valence electrons. The summed E-state index contributed by atoms with van der Waals surface area (Å²) in [6.45, 7) is 2.85. The molecule has 0 bridgehead atoms. The zero-order chi connectivity index (χ0) is 11.3. The summed E-state index contributed by atoms with van der Waals surface area (Å²) in [6.07, 6.45) is 0. The summed E-state index contributed by atoms with van der Waals surface area (Å²) in [4.78, 5) is 1.07. The molecular weight excluding hydrogens is 232 g/mol. The zero-order valence-electron chi connectivity index (χ0n) is 8.91. The van der Waals surface area contributed by atoms with Crippen LogP contribution >= 0.6 is 11.3 Å². The number of aryl methyl sites for hydroxylation is 1. The third-order valence-electron chi connectivity index (χ3n) is 2.04. The molecule has 0 aromatic carbocycles. The molecule has 6 heteroatoms. The number of thiophene rings is 1. The van der Waals surface area contributed by atoms with Gasteiger partial charge in [-0.25, -0.2) is 13.1 Å². The lowest BCUT2D eigenvalue weighted by Crippen LogP contribution is -2.30. The fraction of sp³-hybridized carbons (Fsp3) is 0.556. The highest BCUT2D eigenvalue weighted by Gasteiger charge is 2.09. The van der Waals surface area contributed by atoms with E-state index in [-0.39, 0.29) is 5.75 Å². The van der Waals surface area contributed by atoms with Gasteiger partial charge in [0.25, 0.3) is 0 Å². The van der Waals surface area contributed by atoms with Gasteiger partial charge in [-0.05, 0) is 31.0 Å². The van der Waals surface area contributed by atoms with Crippen LogP contribution in [-0.4, -0.2) is 27.8 Å². The van der Waals surface area contributed by atoms with E-state index in [1.54, 1.807) is 18.4 Å². The molecule has 0 radical (unpaired) electrons. The molecule has 1 rings (SSSR count). The monoisotopic (exact) mass is 248 g/mol. The molecule has 0 aliphatic rings. The molecule has 2 N–H and O–H groups in total. The molecule has 1 aromatic heterocycles. The van der Waals surface area contributed by atoms with Gasteiger partial charge < -0.3 is 5.32 Å². The van der Waals surface area contributed by atoms with Gasteiger partial charge in [0.15, 0.2) is 0 Å². The molecule has 1 aromatic rings. The molecule has 0 amide bonds. The van der Waals surface area contributed by atoms with Gasteiger partial charge in [-0.15, -0.1) is 11.3 Å². The van der Waals surface area contributed by atoms with Crippen molar-refractivity contribution in [2.75, 3.05) is 19.3 Å². The van der Waals surface area contributed by atoms with E-state index in [0.717, 1.165) is 10.4 Å². The SMILES string of the molecule is CNCCS(=O)(=O)NCc1sccc1C. The minimum absolute atomic E-state index is 0.119. The molecule has 15 heavy (non-hydrogen) atoms. The maximum atomic E-state index is 11.4. The first-order valence-electron chi connectivity index (χ1n) is 4.70. The Morgan fingerprint density at radius 3 is 2.73 bits per heavy atom. The second kappa shape index (κ2) is 5.60. The van der Waals surface area contributed by atoms with Crippen LogP contribution in [0.25, 0.3) is 0 Å². The fourth-order valence-corrected chi connectivity index (χ4v) is 2.99. The Bertz CT molecular complexity index is 398. The van der Waals surface area contributed by atoms with Gasteiger partial charge in [0.2, 0.25) is 10.0 Å². The molecule has 0 unspecified atom stereocenters. The van der Waals surface area contributed by atoms with E-state index in [2.05, 4.69) is 10.0 Å². The molecular formula is C9H16N2O2S2. The number of rotatable bonds is 6. The van der Waals surface area contributed by atoms with E-state index in [9.17, 15) is 8.42 Å². The fourth-order valence-electron chi connectivity index (χ4n) is 1.07. The Balaban J connectivity index is 2.46. The first-order chi connectivity index (χ1) is 7.05. The second-order valence-electron chi connectivity index (χ2n) is 3.27. The maximum absolute atomic E-state index is 11.4. The summed E-state index contributed by atoms with van der Waals surface area (Å²) in [5.74, 6) is 0.119. The highest BCUT2D eigenvalue weighted by Crippen LogP contribution is 2.14. The third-order valence-corrected chi connectivity index (χ3v) is 4.39. The van der Waals surface area contributed by atoms with Crippen LogP contribution < -0.4 is 10.0 Å². The molecule has 0 saturated carbocycles. The summed E-state index contributed by atoms with van der Waals surface area (Å²) in [7, 11) is -1.41. The van der Waals surface area contributed by atoms with Gasteiger partial charge in [0.05, 0.1) is 5.75 Å². The maximum Gasteiger partial charge on any atom is 0.213 e. The van der Waals surface area contributed by atoms with E-state index in [4.69, 9.17) is 0 Å². The summed E-state index contributed by atoms with van der Waals surface area (Å²) in [5, 5.41) is 4.78. The quantitative estimate of drug-likeness (QED) is 0.779. The van der Waals surface area contributed by atoms with Crippen molar-refractivity contribution in [3.05, 3.63) is 21.9 Å². The molecule has 4 nitrogen and oxygen atoms in total. The van der Waals surface area contributed by atoms with Gasteiger partial charge in [-0.1, -0.05) is 0 Å². The predicted molar refractivity (Wildman–Crippen MR) is 63.6 cm³/mol. The smallest absolute Gasteiger partial charge is 0.213 e. The molecule has 0 atom stereocenters. The summed E-state index contributed by atoms with van der Waals surface area (Å²) in [5.41, 5.74) is 1.14. The molecule has 0 aliphatic carbocycles. The van der Waals surface area contributed by atoms with Crippen molar-refractivity contribution in [3.63, 3.8) is 0 Å². The summed E-state index contributed by atoms with van der Waals surface area (Å²) >= 11 is 1.57. The van der Waals surface area contributed by atoms with E-state index in [0.29, 0.717) is 13.1 Å². The molecule has 0 saturated heterocycles. The number of sulfonamides is 1. The van der Waals surface area contributed by atoms with Crippen LogP contribution in [0, 0.1) is 6.92 Å². The van der Waals surface area contributed by atoms with E-state index < -0.39 is 10.0 Å². The predicted octanol–water partition coefficient (Wildman–Crippen LogP) is 0.695. The van der Waals surface area contributed by atoms with Crippen molar-refractivity contribution in [2.45, 2.75) is 13.5 Å². The average Bonchev–Trinajstić information content (AvgIpc) is 2.58. The van der Waals surface area contributed by atoms with Crippen LogP contribution in [0.2, 0.25) is 0 Å². The largest absolute Gasteiger partial charge is 0.319 e. The van der Waals surface area contributed by atoms with Crippen LogP contribution in [0.3, 0.4) is 0 Å². The zero-order valence-corrected chi connectivity index (χ0v) is 10.5. The first kappa shape index (κ1) is 12.6. The van der Waals surface area contributed by atoms with Crippen molar-refractivity contribution in [2.24, 2.45) is 0 Å². The van der Waals surface area contributed by atoms with Crippen molar-refractivity contribution in [1.29, 1.82) is 0 Å². The average molecular weight is 248 g/mol. The van der Waals surface area contributed by atoms with Crippen molar-refractivity contribution >= 4 is 21.4 Å². The summed E-state index contributed by atoms with van der Waals surface area (Å²) < 4.78 is 25.5. The van der Waals surface area contributed by atoms with Gasteiger partial charge in [0, 0.05) is 18.0 Å². The Morgan fingerprint density at radius 1 is 1.47 bits per heavy atom. The van der Waals surface area contributed by atoms with E-state index in [1.807, 2.05) is 18.4 Å². The minimum atomic E-state index is -3.14. The molecule has 0 fully saturated rings. The van der Waals surface area contributed by atoms with Crippen LogP contribution in [0.15, 0.2) is 11.4 Å². The van der Waals surface area contributed by atoms with Crippen molar-refractivity contribution in [1.82, 2.24) is 10.0 Å². The van der Waals surface area contributed by atoms with Crippen LogP contribution in [0.5, 0.6) is 0 Å². The summed E-state index contributed by atoms with van der Waals surface area (Å²) in [6, 6.07) is 1.99. The van der Waals surface area contributed by atoms with Crippen LogP contribution in [0.4, 0.5) is 0 Å². The van der Waals surface area contributed by atoms with Crippen LogP contribution in [0.1, 0.15) is 10.4 Å². The normalized spacial score (nSPS) is 11.9. The van der Waals surface area contributed by atoms with Gasteiger partial charge in [-0.3, -0.25) is 0 Å². The third kappa shape index (κ3) is 4.29. The standard InChI is InChI=1S/C9H16N2O2S2/c1-8-3-5-14-9(8)7-11-15(12,13)6-4-10-2/h3,5,10-11H,4,6-7H2,1-2H3. The molecule has 0 aliphatic heterocycles. The van der Waals surface area contributed by atoms with Gasteiger partial charge in [-0.2, -0.15) is 0 Å². The second-order valence-corrected chi connectivity index (χ2v) is 6.20. The Hall–Kier alpha value is -0.430. The Labute approximate surface area is 94.8 Å². The Morgan fingerprint density at radius 2 is 2.20 bits per heavy atom. The lowest BCUT2D eigenvalue weighted by molar-refractivity contribution is 0.579.